The van der Waals surface area contributed by atoms with Gasteiger partial charge < -0.3 is 28.4 Å². The minimum Gasteiger partial charge on any atom is -0.494 e. The van der Waals surface area contributed by atoms with Crippen molar-refractivity contribution in [2.24, 2.45) is 0 Å². The first-order chi connectivity index (χ1) is 42.0. The molecule has 468 valence electrons. The van der Waals surface area contributed by atoms with Crippen LogP contribution in [0.25, 0.3) is 22.3 Å². The molecule has 6 aromatic rings. The minimum atomic E-state index is -4.80. The highest BCUT2D eigenvalue weighted by molar-refractivity contribution is 5.93. The second-order valence-electron chi connectivity index (χ2n) is 21.9. The molecule has 2 atom stereocenters. The quantitative estimate of drug-likeness (QED) is 0.0160. The monoisotopic (exact) mass is 1210 g/mol. The van der Waals surface area contributed by atoms with E-state index in [2.05, 4.69) is 13.8 Å². The molecular weight excluding hydrogens is 1130 g/mol. The van der Waals surface area contributed by atoms with Gasteiger partial charge in [-0.2, -0.15) is 26.3 Å². The maximum Gasteiger partial charge on any atom is 0.425 e. The summed E-state index contributed by atoms with van der Waals surface area (Å²) in [5.74, 6) is -1.90. The maximum absolute atomic E-state index is 14.0. The Bertz CT molecular complexity index is 2760. The molecule has 16 heteroatoms. The molecule has 0 aliphatic rings. The summed E-state index contributed by atoms with van der Waals surface area (Å²) in [5, 5.41) is 0. The van der Waals surface area contributed by atoms with Crippen LogP contribution in [0.2, 0.25) is 0 Å². The fourth-order valence-corrected chi connectivity index (χ4v) is 9.75. The predicted molar refractivity (Wildman–Crippen MR) is 326 cm³/mol. The number of unbranched alkanes of at least 4 members (excludes halogenated alkanes) is 18. The number of carbonyl (C=O) groups excluding carboxylic acids is 4. The number of hydrogen-bond acceptors (Lipinski definition) is 10. The summed E-state index contributed by atoms with van der Waals surface area (Å²) >= 11 is 0. The van der Waals surface area contributed by atoms with Crippen LogP contribution in [0, 0.1) is 0 Å². The molecule has 0 saturated heterocycles. The third-order valence-corrected chi connectivity index (χ3v) is 14.9. The lowest BCUT2D eigenvalue weighted by molar-refractivity contribution is -0.206. The first-order valence-corrected chi connectivity index (χ1v) is 30.9. The molecule has 0 aromatic heterocycles. The van der Waals surface area contributed by atoms with Gasteiger partial charge in [0.15, 0.2) is 12.2 Å². The molecule has 0 unspecified atom stereocenters. The minimum absolute atomic E-state index is 0.0860. The van der Waals surface area contributed by atoms with Gasteiger partial charge in [0.1, 0.15) is 23.0 Å². The second kappa shape index (κ2) is 36.5. The van der Waals surface area contributed by atoms with E-state index >= 15 is 0 Å². The van der Waals surface area contributed by atoms with Gasteiger partial charge in [0.05, 0.1) is 35.5 Å². The fraction of sp³-hybridized carbons (Fsp3) is 0.437. The number of hydrogen-bond donors (Lipinski definition) is 0. The molecule has 10 nitrogen and oxygen atoms in total. The van der Waals surface area contributed by atoms with E-state index < -0.39 is 61.3 Å². The summed E-state index contributed by atoms with van der Waals surface area (Å²) in [4.78, 5) is 51.5. The number of halogens is 6. The number of benzene rings is 6. The third-order valence-electron chi connectivity index (χ3n) is 14.9. The van der Waals surface area contributed by atoms with Crippen LogP contribution >= 0.6 is 0 Å². The van der Waals surface area contributed by atoms with E-state index in [9.17, 15) is 45.5 Å². The number of alkyl halides is 6. The van der Waals surface area contributed by atoms with Crippen molar-refractivity contribution in [2.75, 3.05) is 13.2 Å². The Morgan fingerprint density at radius 2 is 0.552 bits per heavy atom. The molecule has 0 heterocycles. The zero-order chi connectivity index (χ0) is 62.3. The molecular formula is C71H82F6O10. The molecule has 0 amide bonds. The first kappa shape index (κ1) is 68.5. The average molecular weight is 1210 g/mol. The Labute approximate surface area is 508 Å². The molecule has 87 heavy (non-hydrogen) atoms. The fourth-order valence-electron chi connectivity index (χ4n) is 9.75. The van der Waals surface area contributed by atoms with E-state index in [4.69, 9.17) is 28.4 Å². The Hall–Kier alpha value is -7.62. The van der Waals surface area contributed by atoms with E-state index in [0.29, 0.717) is 51.7 Å². The highest BCUT2D eigenvalue weighted by Crippen LogP contribution is 2.32. The SMILES string of the molecule is CCCCCCCCOc1ccc(-c2ccc(C(=O)Oc3ccc(C(=O)O[C@@H](CCCCCCCCCCC[C@H](OC(=O)c4ccc(OC(=O)c5ccc(-c6ccc(OCCCCCCCC)cc6)cc5)cc4)C(F)(F)F)C(F)(F)F)cc3)cc2)cc1. The van der Waals surface area contributed by atoms with E-state index in [1.807, 2.05) is 48.5 Å². The summed E-state index contributed by atoms with van der Waals surface area (Å²) in [6.07, 6.45) is 3.63. The van der Waals surface area contributed by atoms with Gasteiger partial charge in [-0.15, -0.1) is 0 Å². The lowest BCUT2D eigenvalue weighted by Crippen LogP contribution is -2.33. The van der Waals surface area contributed by atoms with Crippen LogP contribution in [-0.4, -0.2) is 61.7 Å². The summed E-state index contributed by atoms with van der Waals surface area (Å²) in [5.41, 5.74) is 3.91. The van der Waals surface area contributed by atoms with Gasteiger partial charge in [0.2, 0.25) is 0 Å². The Kier molecular flexibility index (Phi) is 28.7. The van der Waals surface area contributed by atoms with Crippen molar-refractivity contribution in [3.63, 3.8) is 0 Å². The van der Waals surface area contributed by atoms with Crippen LogP contribution in [0.5, 0.6) is 23.0 Å². The van der Waals surface area contributed by atoms with Crippen LogP contribution in [0.1, 0.15) is 203 Å². The lowest BCUT2D eigenvalue weighted by Gasteiger charge is -2.21. The largest absolute Gasteiger partial charge is 0.494 e. The Morgan fingerprint density at radius 3 is 0.851 bits per heavy atom. The summed E-state index contributed by atoms with van der Waals surface area (Å²) in [6.45, 7) is 5.73. The number of ether oxygens (including phenoxy) is 6. The van der Waals surface area contributed by atoms with Crippen molar-refractivity contribution < 1.29 is 73.9 Å². The Morgan fingerprint density at radius 1 is 0.310 bits per heavy atom. The van der Waals surface area contributed by atoms with Gasteiger partial charge >= 0.3 is 36.2 Å². The standard InChI is InChI=1S/C71H82F6O10/c1-3-5-7-9-18-22-50-82-60-42-34-54(35-43-60)52-26-30-56(31-27-52)66(78)84-62-46-38-58(39-47-62)68(80)86-64(70(72,73)74)24-20-16-14-12-11-13-15-17-21-25-65(71(75,76)77)87-69(81)59-40-48-63(49-41-59)85-67(79)57-32-28-53(29-33-57)55-36-44-61(45-37-55)83-51-23-19-10-8-6-4-2/h26-49,64-65H,3-25,50-51H2,1-2H3/t64-,65-/m0/s1. The van der Waals surface area contributed by atoms with Gasteiger partial charge in [0, 0.05) is 0 Å². The summed E-state index contributed by atoms with van der Waals surface area (Å²) < 4.78 is 116. The van der Waals surface area contributed by atoms with Crippen molar-refractivity contribution in [2.45, 2.75) is 186 Å². The molecule has 0 bridgehead atoms. The molecule has 0 radical (unpaired) electrons. The second-order valence-corrected chi connectivity index (χ2v) is 21.9. The van der Waals surface area contributed by atoms with Crippen molar-refractivity contribution in [3.8, 4) is 45.3 Å². The third kappa shape index (κ3) is 24.6. The van der Waals surface area contributed by atoms with Crippen molar-refractivity contribution in [1.82, 2.24) is 0 Å². The Balaban J connectivity index is 0.818. The molecule has 0 aliphatic heterocycles. The van der Waals surface area contributed by atoms with Crippen LogP contribution in [0.15, 0.2) is 146 Å². The van der Waals surface area contributed by atoms with E-state index in [-0.39, 0.29) is 46.6 Å². The van der Waals surface area contributed by atoms with E-state index in [1.165, 1.54) is 99.9 Å². The van der Waals surface area contributed by atoms with Gasteiger partial charge in [-0.1, -0.05) is 172 Å². The van der Waals surface area contributed by atoms with Gasteiger partial charge in [0.25, 0.3) is 0 Å². The summed E-state index contributed by atoms with van der Waals surface area (Å²) in [7, 11) is 0. The topological polar surface area (TPSA) is 124 Å². The normalized spacial score (nSPS) is 12.2. The average Bonchev–Trinajstić information content (AvgIpc) is 3.22. The maximum atomic E-state index is 14.0. The van der Waals surface area contributed by atoms with Crippen LogP contribution < -0.4 is 18.9 Å². The number of rotatable bonds is 38. The highest BCUT2D eigenvalue weighted by atomic mass is 19.4. The predicted octanol–water partition coefficient (Wildman–Crippen LogP) is 20.1. The zero-order valence-electron chi connectivity index (χ0n) is 50.0. The van der Waals surface area contributed by atoms with Gasteiger partial charge in [-0.25, -0.2) is 19.2 Å². The molecule has 6 aromatic carbocycles. The van der Waals surface area contributed by atoms with Crippen molar-refractivity contribution in [1.29, 1.82) is 0 Å². The van der Waals surface area contributed by atoms with Gasteiger partial charge in [-0.05, 0) is 158 Å². The van der Waals surface area contributed by atoms with E-state index in [1.54, 1.807) is 48.5 Å². The molecule has 6 rings (SSSR count). The van der Waals surface area contributed by atoms with Crippen LogP contribution in [-0.2, 0) is 9.47 Å². The summed E-state index contributed by atoms with van der Waals surface area (Å²) in [6, 6.07) is 39.2. The molecule has 0 saturated carbocycles. The molecule has 0 aliphatic carbocycles. The van der Waals surface area contributed by atoms with Gasteiger partial charge in [-0.3, -0.25) is 0 Å². The number of esters is 4. The number of carbonyl (C=O) groups is 4. The molecule has 0 fully saturated rings. The van der Waals surface area contributed by atoms with Crippen molar-refractivity contribution >= 4 is 23.9 Å². The van der Waals surface area contributed by atoms with Crippen LogP contribution in [0.4, 0.5) is 26.3 Å². The molecule has 0 N–H and O–H groups in total. The highest BCUT2D eigenvalue weighted by Gasteiger charge is 2.43. The smallest absolute Gasteiger partial charge is 0.425 e. The van der Waals surface area contributed by atoms with Crippen molar-refractivity contribution in [3.05, 3.63) is 168 Å². The molecule has 0 spiro atoms. The lowest BCUT2D eigenvalue weighted by atomic mass is 10.0. The first-order valence-electron chi connectivity index (χ1n) is 30.9. The zero-order valence-corrected chi connectivity index (χ0v) is 50.0. The van der Waals surface area contributed by atoms with Crippen LogP contribution in [0.3, 0.4) is 0 Å². The van der Waals surface area contributed by atoms with E-state index in [0.717, 1.165) is 65.9 Å².